The summed E-state index contributed by atoms with van der Waals surface area (Å²) < 4.78 is 0. The highest BCUT2D eigenvalue weighted by atomic mass is 16.1. The van der Waals surface area contributed by atoms with Gasteiger partial charge in [0.2, 0.25) is 5.91 Å². The molecule has 0 spiro atoms. The lowest BCUT2D eigenvalue weighted by atomic mass is 9.99. The molecule has 134 valence electrons. The van der Waals surface area contributed by atoms with Crippen molar-refractivity contribution in [3.8, 4) is 0 Å². The molecule has 4 heteroatoms. The Morgan fingerprint density at radius 1 is 1.04 bits per heavy atom. The molecule has 1 amide bonds. The minimum Gasteiger partial charge on any atom is -0.361 e. The van der Waals surface area contributed by atoms with Gasteiger partial charge in [-0.05, 0) is 49.9 Å². The van der Waals surface area contributed by atoms with E-state index in [4.69, 9.17) is 0 Å². The van der Waals surface area contributed by atoms with Crippen LogP contribution in [0.15, 0.2) is 30.5 Å². The second kappa shape index (κ2) is 7.61. The van der Waals surface area contributed by atoms with Crippen LogP contribution in [-0.2, 0) is 11.3 Å². The van der Waals surface area contributed by atoms with E-state index in [9.17, 15) is 4.79 Å². The maximum absolute atomic E-state index is 12.7. The highest BCUT2D eigenvalue weighted by Crippen LogP contribution is 2.32. The molecule has 4 nitrogen and oxygen atoms in total. The standard InChI is InChI=1S/C21H29N3O/c25-21-18-8-6-10-20(18)24(14-4-2-1-3-12-23-21)15-16-7-5-9-19-17(16)11-13-22-19/h5,7,9,11,13,18,20,22H,1-4,6,8,10,12,14-15H2,(H,23,25)/t18-,20+/m1/s1. The van der Waals surface area contributed by atoms with Crippen LogP contribution in [0.1, 0.15) is 50.5 Å². The molecule has 1 saturated carbocycles. The van der Waals surface area contributed by atoms with Gasteiger partial charge in [0.1, 0.15) is 0 Å². The molecule has 2 N–H and O–H groups in total. The molecule has 1 aromatic carbocycles. The zero-order valence-corrected chi connectivity index (χ0v) is 15.0. The first-order valence-electron chi connectivity index (χ1n) is 9.90. The number of hydrogen-bond donors (Lipinski definition) is 2. The number of H-pyrrole nitrogens is 1. The van der Waals surface area contributed by atoms with Crippen LogP contribution >= 0.6 is 0 Å². The molecule has 25 heavy (non-hydrogen) atoms. The monoisotopic (exact) mass is 339 g/mol. The molecule has 1 aliphatic heterocycles. The van der Waals surface area contributed by atoms with E-state index in [1.54, 1.807) is 0 Å². The van der Waals surface area contributed by atoms with Gasteiger partial charge in [-0.2, -0.15) is 0 Å². The van der Waals surface area contributed by atoms with Crippen molar-refractivity contribution in [3.63, 3.8) is 0 Å². The summed E-state index contributed by atoms with van der Waals surface area (Å²) in [6.45, 7) is 2.91. The first-order valence-corrected chi connectivity index (χ1v) is 9.90. The van der Waals surface area contributed by atoms with Gasteiger partial charge in [-0.25, -0.2) is 0 Å². The Hall–Kier alpha value is -1.81. The Labute approximate surface area is 150 Å². The summed E-state index contributed by atoms with van der Waals surface area (Å²) in [5.74, 6) is 0.456. The molecule has 1 aliphatic carbocycles. The Morgan fingerprint density at radius 2 is 1.96 bits per heavy atom. The zero-order chi connectivity index (χ0) is 17.1. The van der Waals surface area contributed by atoms with E-state index >= 15 is 0 Å². The normalized spacial score (nSPS) is 26.2. The van der Waals surface area contributed by atoms with E-state index in [0.717, 1.165) is 38.9 Å². The number of fused-ring (bicyclic) bond motifs is 2. The van der Waals surface area contributed by atoms with Crippen LogP contribution in [0.25, 0.3) is 10.9 Å². The van der Waals surface area contributed by atoms with Gasteiger partial charge < -0.3 is 10.3 Å². The molecule has 2 aliphatic rings. The first-order chi connectivity index (χ1) is 12.3. The lowest BCUT2D eigenvalue weighted by Gasteiger charge is -2.32. The predicted molar refractivity (Wildman–Crippen MR) is 101 cm³/mol. The van der Waals surface area contributed by atoms with Crippen LogP contribution in [0.4, 0.5) is 0 Å². The highest BCUT2D eigenvalue weighted by Gasteiger charge is 2.36. The van der Waals surface area contributed by atoms with Crippen molar-refractivity contribution in [2.24, 2.45) is 5.92 Å². The lowest BCUT2D eigenvalue weighted by molar-refractivity contribution is -0.126. The summed E-state index contributed by atoms with van der Waals surface area (Å²) in [6, 6.07) is 9.09. The molecule has 0 radical (unpaired) electrons. The number of hydrogen-bond acceptors (Lipinski definition) is 2. The molecule has 2 heterocycles. The van der Waals surface area contributed by atoms with Crippen molar-refractivity contribution in [1.29, 1.82) is 0 Å². The summed E-state index contributed by atoms with van der Waals surface area (Å²) in [5, 5.41) is 4.51. The van der Waals surface area contributed by atoms with Crippen LogP contribution in [0, 0.1) is 5.92 Å². The molecule has 1 aromatic heterocycles. The molecule has 0 unspecified atom stereocenters. The van der Waals surface area contributed by atoms with Crippen LogP contribution in [0.5, 0.6) is 0 Å². The quantitative estimate of drug-likeness (QED) is 0.873. The summed E-state index contributed by atoms with van der Waals surface area (Å²) >= 11 is 0. The Balaban J connectivity index is 1.59. The number of aromatic amines is 1. The summed E-state index contributed by atoms with van der Waals surface area (Å²) in [7, 11) is 0. The topological polar surface area (TPSA) is 48.1 Å². The van der Waals surface area contributed by atoms with Gasteiger partial charge in [-0.3, -0.25) is 9.69 Å². The number of nitrogens with one attached hydrogen (secondary N) is 2. The number of rotatable bonds is 2. The molecular weight excluding hydrogens is 310 g/mol. The third kappa shape index (κ3) is 3.59. The van der Waals surface area contributed by atoms with Crippen LogP contribution < -0.4 is 5.32 Å². The van der Waals surface area contributed by atoms with Gasteiger partial charge in [0.15, 0.2) is 0 Å². The van der Waals surface area contributed by atoms with Gasteiger partial charge >= 0.3 is 0 Å². The fourth-order valence-corrected chi connectivity index (χ4v) is 4.69. The summed E-state index contributed by atoms with van der Waals surface area (Å²) in [4.78, 5) is 18.6. The summed E-state index contributed by atoms with van der Waals surface area (Å²) in [6.07, 6.45) is 10.2. The lowest BCUT2D eigenvalue weighted by Crippen LogP contribution is -2.44. The Morgan fingerprint density at radius 3 is 2.92 bits per heavy atom. The first kappa shape index (κ1) is 16.6. The number of benzene rings is 1. The number of carbonyl (C=O) groups excluding carboxylic acids is 1. The van der Waals surface area contributed by atoms with Crippen molar-refractivity contribution in [1.82, 2.24) is 15.2 Å². The molecule has 1 saturated heterocycles. The van der Waals surface area contributed by atoms with Gasteiger partial charge in [0.05, 0.1) is 5.92 Å². The average molecular weight is 339 g/mol. The van der Waals surface area contributed by atoms with Crippen LogP contribution in [0.2, 0.25) is 0 Å². The van der Waals surface area contributed by atoms with Gasteiger partial charge in [0, 0.05) is 36.2 Å². The SMILES string of the molecule is O=C1NCCCCCCN(Cc2cccc3[nH]ccc23)[C@H]2CCC[C@@H]12. The summed E-state index contributed by atoms with van der Waals surface area (Å²) in [5.41, 5.74) is 2.58. The van der Waals surface area contributed by atoms with Crippen molar-refractivity contribution in [3.05, 3.63) is 36.0 Å². The molecule has 2 atom stereocenters. The number of nitrogens with zero attached hydrogens (tertiary/aromatic N) is 1. The van der Waals surface area contributed by atoms with E-state index in [1.807, 2.05) is 6.20 Å². The molecule has 2 fully saturated rings. The third-order valence-electron chi connectivity index (χ3n) is 6.02. The van der Waals surface area contributed by atoms with Crippen molar-refractivity contribution < 1.29 is 4.79 Å². The molecular formula is C21H29N3O. The van der Waals surface area contributed by atoms with E-state index in [1.165, 1.54) is 42.1 Å². The smallest absolute Gasteiger partial charge is 0.224 e. The fourth-order valence-electron chi connectivity index (χ4n) is 4.69. The molecule has 0 bridgehead atoms. The molecule has 2 aromatic rings. The van der Waals surface area contributed by atoms with Gasteiger partial charge in [-0.1, -0.05) is 31.4 Å². The average Bonchev–Trinajstić information content (AvgIpc) is 3.28. The predicted octanol–water partition coefficient (Wildman–Crippen LogP) is 3.83. The molecule has 4 rings (SSSR count). The van der Waals surface area contributed by atoms with Gasteiger partial charge in [-0.15, -0.1) is 0 Å². The second-order valence-corrected chi connectivity index (χ2v) is 7.64. The van der Waals surface area contributed by atoms with Gasteiger partial charge in [0.25, 0.3) is 0 Å². The third-order valence-corrected chi connectivity index (χ3v) is 6.02. The van der Waals surface area contributed by atoms with Crippen molar-refractivity contribution in [2.75, 3.05) is 13.1 Å². The van der Waals surface area contributed by atoms with E-state index in [0.29, 0.717) is 6.04 Å². The Kier molecular flexibility index (Phi) is 5.07. The van der Waals surface area contributed by atoms with E-state index < -0.39 is 0 Å². The zero-order valence-electron chi connectivity index (χ0n) is 15.0. The maximum Gasteiger partial charge on any atom is 0.224 e. The number of carbonyl (C=O) groups is 1. The largest absolute Gasteiger partial charge is 0.361 e. The highest BCUT2D eigenvalue weighted by molar-refractivity contribution is 5.83. The number of aromatic nitrogens is 1. The Bertz CT molecular complexity index is 723. The van der Waals surface area contributed by atoms with E-state index in [2.05, 4.69) is 39.5 Å². The minimum absolute atomic E-state index is 0.170. The van der Waals surface area contributed by atoms with E-state index in [-0.39, 0.29) is 11.8 Å². The fraction of sp³-hybridized carbons (Fsp3) is 0.571. The van der Waals surface area contributed by atoms with Crippen LogP contribution in [-0.4, -0.2) is 34.9 Å². The minimum atomic E-state index is 0.170. The van der Waals surface area contributed by atoms with Crippen LogP contribution in [0.3, 0.4) is 0 Å². The maximum atomic E-state index is 12.7. The number of amides is 1. The second-order valence-electron chi connectivity index (χ2n) is 7.64. The van der Waals surface area contributed by atoms with Crippen molar-refractivity contribution >= 4 is 16.8 Å². The van der Waals surface area contributed by atoms with Crippen molar-refractivity contribution in [2.45, 2.75) is 57.5 Å².